The molecule has 9 nitrogen and oxygen atoms in total. The fourth-order valence-corrected chi connectivity index (χ4v) is 3.98. The highest BCUT2D eigenvalue weighted by atomic mass is 32.2. The molecule has 0 aliphatic rings. The van der Waals surface area contributed by atoms with Gasteiger partial charge in [-0.1, -0.05) is 19.9 Å². The first-order chi connectivity index (χ1) is 17.4. The smallest absolute Gasteiger partial charge is 0.333 e. The monoisotopic (exact) mass is 516 g/mol. The van der Waals surface area contributed by atoms with Gasteiger partial charge in [0.05, 0.1) is 25.5 Å². The number of unbranched alkanes of at least 4 members (excludes halogenated alkanes) is 1. The molecule has 0 aliphatic carbocycles. The SMILES string of the molecule is [C-]#[N+]c1cc(NNC(=O)NCCCCOc2cc(CC)cc(CC)c2)c(C)cc1OS(=O)CCOC. The largest absolute Gasteiger partial charge is 0.494 e. The highest BCUT2D eigenvalue weighted by Crippen LogP contribution is 2.34. The maximum absolute atomic E-state index is 12.1. The van der Waals surface area contributed by atoms with Crippen LogP contribution in [-0.4, -0.2) is 42.9 Å². The number of methoxy groups -OCH3 is 1. The van der Waals surface area contributed by atoms with Gasteiger partial charge in [-0.2, -0.15) is 0 Å². The fraction of sp³-hybridized carbons (Fsp3) is 0.462. The highest BCUT2D eigenvalue weighted by Gasteiger charge is 2.13. The van der Waals surface area contributed by atoms with Crippen LogP contribution in [0.5, 0.6) is 11.5 Å². The number of nitrogens with zero attached hydrogens (tertiary/aromatic N) is 1. The number of hydrazine groups is 1. The summed E-state index contributed by atoms with van der Waals surface area (Å²) in [5, 5.41) is 2.79. The van der Waals surface area contributed by atoms with Gasteiger partial charge < -0.3 is 19.0 Å². The summed E-state index contributed by atoms with van der Waals surface area (Å²) in [6, 6.07) is 9.14. The predicted molar refractivity (Wildman–Crippen MR) is 143 cm³/mol. The van der Waals surface area contributed by atoms with E-state index in [1.807, 2.05) is 0 Å². The van der Waals surface area contributed by atoms with Gasteiger partial charge in [0.1, 0.15) is 11.5 Å². The predicted octanol–water partition coefficient (Wildman–Crippen LogP) is 4.84. The Morgan fingerprint density at radius 1 is 1.06 bits per heavy atom. The van der Waals surface area contributed by atoms with Crippen molar-refractivity contribution in [3.63, 3.8) is 0 Å². The van der Waals surface area contributed by atoms with E-state index in [1.54, 1.807) is 19.1 Å². The van der Waals surface area contributed by atoms with E-state index in [-0.39, 0.29) is 29.8 Å². The van der Waals surface area contributed by atoms with Crippen LogP contribution in [0.15, 0.2) is 30.3 Å². The second kappa shape index (κ2) is 15.7. The first kappa shape index (κ1) is 28.9. The van der Waals surface area contributed by atoms with Crippen molar-refractivity contribution < 1.29 is 22.7 Å². The zero-order valence-electron chi connectivity index (χ0n) is 21.4. The van der Waals surface area contributed by atoms with Crippen LogP contribution >= 0.6 is 0 Å². The van der Waals surface area contributed by atoms with E-state index in [0.29, 0.717) is 18.8 Å². The lowest BCUT2D eigenvalue weighted by Crippen LogP contribution is -2.39. The third-order valence-corrected chi connectivity index (χ3v) is 6.21. The minimum absolute atomic E-state index is 0.187. The Morgan fingerprint density at radius 2 is 1.78 bits per heavy atom. The molecular weight excluding hydrogens is 480 g/mol. The van der Waals surface area contributed by atoms with E-state index in [2.05, 4.69) is 53.1 Å². The van der Waals surface area contributed by atoms with E-state index in [0.717, 1.165) is 37.0 Å². The standard InChI is InChI=1S/C26H36N4O5S/c1-6-20-15-21(7-2)17-22(16-20)34-11-9-8-10-28-26(31)30-29-23-18-24(27-4)25(14-19(23)3)35-36(32)13-12-33-5/h14-18,29H,6-13H2,1-3,5H3,(H2,28,30,31). The maximum atomic E-state index is 12.1. The molecule has 2 amide bonds. The normalized spacial score (nSPS) is 11.3. The third-order valence-electron chi connectivity index (χ3n) is 5.34. The molecule has 0 aromatic heterocycles. The van der Waals surface area contributed by atoms with Gasteiger partial charge in [-0.15, -0.1) is 0 Å². The fourth-order valence-electron chi connectivity index (χ4n) is 3.26. The van der Waals surface area contributed by atoms with E-state index < -0.39 is 11.1 Å². The summed E-state index contributed by atoms with van der Waals surface area (Å²) in [6.07, 6.45) is 3.54. The van der Waals surface area contributed by atoms with E-state index in [4.69, 9.17) is 20.2 Å². The maximum Gasteiger partial charge on any atom is 0.333 e. The molecule has 3 N–H and O–H groups in total. The van der Waals surface area contributed by atoms with Gasteiger partial charge in [0.15, 0.2) is 0 Å². The number of amides is 2. The van der Waals surface area contributed by atoms with Crippen LogP contribution in [0.2, 0.25) is 0 Å². The summed E-state index contributed by atoms with van der Waals surface area (Å²) in [5.41, 5.74) is 9.38. The molecule has 2 aromatic rings. The number of hydrogen-bond acceptors (Lipinski definition) is 6. The Labute approximate surface area is 216 Å². The van der Waals surface area contributed by atoms with Gasteiger partial charge in [0, 0.05) is 19.3 Å². The molecule has 2 rings (SSSR count). The Morgan fingerprint density at radius 3 is 2.42 bits per heavy atom. The van der Waals surface area contributed by atoms with Crippen molar-refractivity contribution in [2.24, 2.45) is 0 Å². The van der Waals surface area contributed by atoms with Crippen LogP contribution in [-0.2, 0) is 28.7 Å². The summed E-state index contributed by atoms with van der Waals surface area (Å²) in [6.45, 7) is 14.8. The zero-order chi connectivity index (χ0) is 26.3. The molecule has 0 aliphatic heterocycles. The quantitative estimate of drug-likeness (QED) is 0.178. The van der Waals surface area contributed by atoms with Crippen LogP contribution in [0.1, 0.15) is 43.4 Å². The number of carbonyl (C=O) groups is 1. The number of benzene rings is 2. The lowest BCUT2D eigenvalue weighted by atomic mass is 10.1. The van der Waals surface area contributed by atoms with Crippen LogP contribution in [0.25, 0.3) is 4.85 Å². The van der Waals surface area contributed by atoms with Crippen molar-refractivity contribution in [2.45, 2.75) is 46.5 Å². The van der Waals surface area contributed by atoms with Crippen LogP contribution in [0.3, 0.4) is 0 Å². The second-order valence-electron chi connectivity index (χ2n) is 8.08. The molecule has 36 heavy (non-hydrogen) atoms. The number of rotatable bonds is 15. The Kier molecular flexibility index (Phi) is 12.6. The lowest BCUT2D eigenvalue weighted by molar-refractivity contribution is 0.217. The van der Waals surface area contributed by atoms with Crippen LogP contribution < -0.4 is 25.1 Å². The number of aryl methyl sites for hydroxylation is 3. The van der Waals surface area contributed by atoms with Gasteiger partial charge in [0.2, 0.25) is 16.8 Å². The van der Waals surface area contributed by atoms with E-state index >= 15 is 0 Å². The molecule has 10 heteroatoms. The van der Waals surface area contributed by atoms with Gasteiger partial charge in [-0.3, -0.25) is 10.9 Å². The molecule has 0 saturated carbocycles. The second-order valence-corrected chi connectivity index (χ2v) is 9.27. The Balaban J connectivity index is 1.74. The number of carbonyl (C=O) groups excluding carboxylic acids is 1. The topological polar surface area (TPSA) is 102 Å². The average Bonchev–Trinajstić information content (AvgIpc) is 2.88. The molecule has 2 aromatic carbocycles. The Hall–Kier alpha value is -3.29. The van der Waals surface area contributed by atoms with E-state index in [1.165, 1.54) is 18.2 Å². The number of ether oxygens (including phenoxy) is 2. The third kappa shape index (κ3) is 9.76. The molecule has 1 unspecified atom stereocenters. The Bertz CT molecular complexity index is 1050. The van der Waals surface area contributed by atoms with Crippen molar-refractivity contribution in [1.82, 2.24) is 10.7 Å². The number of hydrogen-bond donors (Lipinski definition) is 3. The minimum Gasteiger partial charge on any atom is -0.494 e. The summed E-state index contributed by atoms with van der Waals surface area (Å²) in [5.74, 6) is 1.32. The van der Waals surface area contributed by atoms with Gasteiger partial charge in [-0.05, 0) is 73.6 Å². The summed E-state index contributed by atoms with van der Waals surface area (Å²) < 4.78 is 28.1. The average molecular weight is 517 g/mol. The lowest BCUT2D eigenvalue weighted by Gasteiger charge is -2.14. The van der Waals surface area contributed by atoms with Crippen LogP contribution in [0.4, 0.5) is 16.2 Å². The van der Waals surface area contributed by atoms with Gasteiger partial charge >= 0.3 is 6.03 Å². The minimum atomic E-state index is -1.61. The molecule has 1 atom stereocenters. The van der Waals surface area contributed by atoms with Crippen LogP contribution in [0, 0.1) is 13.5 Å². The number of urea groups is 1. The summed E-state index contributed by atoms with van der Waals surface area (Å²) >= 11 is -1.61. The number of nitrogens with one attached hydrogen (secondary N) is 3. The van der Waals surface area contributed by atoms with Crippen molar-refractivity contribution in [1.29, 1.82) is 0 Å². The molecule has 196 valence electrons. The highest BCUT2D eigenvalue weighted by molar-refractivity contribution is 7.80. The van der Waals surface area contributed by atoms with Crippen molar-refractivity contribution in [3.8, 4) is 11.5 Å². The molecule has 0 heterocycles. The van der Waals surface area contributed by atoms with E-state index in [9.17, 15) is 9.00 Å². The van der Waals surface area contributed by atoms with Gasteiger partial charge in [-0.25, -0.2) is 13.8 Å². The molecule has 0 radical (unpaired) electrons. The van der Waals surface area contributed by atoms with Crippen molar-refractivity contribution in [2.75, 3.05) is 38.0 Å². The van der Waals surface area contributed by atoms with Gasteiger partial charge in [0.25, 0.3) is 0 Å². The first-order valence-corrected chi connectivity index (χ1v) is 13.3. The number of anilines is 1. The zero-order valence-corrected chi connectivity index (χ0v) is 22.3. The molecule has 0 bridgehead atoms. The molecule has 0 fully saturated rings. The summed E-state index contributed by atoms with van der Waals surface area (Å²) in [7, 11) is 1.51. The van der Waals surface area contributed by atoms with Crippen molar-refractivity contribution >= 4 is 28.5 Å². The molecule has 0 spiro atoms. The first-order valence-electron chi connectivity index (χ1n) is 12.0. The molecule has 0 saturated heterocycles. The molecular formula is C26H36N4O5S. The van der Waals surface area contributed by atoms with Crippen molar-refractivity contribution in [3.05, 3.63) is 58.4 Å². The summed E-state index contributed by atoms with van der Waals surface area (Å²) in [4.78, 5) is 15.6.